The molecule has 0 unspecified atom stereocenters. The Morgan fingerprint density at radius 1 is 0.907 bits per heavy atom. The number of ether oxygens (including phenoxy) is 1. The van der Waals surface area contributed by atoms with Crippen LogP contribution in [0.1, 0.15) is 29.8 Å². The number of anilines is 3. The summed E-state index contributed by atoms with van der Waals surface area (Å²) in [4.78, 5) is 47.8. The summed E-state index contributed by atoms with van der Waals surface area (Å²) in [6, 6.07) is 10.9. The number of aromatic nitrogens is 3. The summed E-state index contributed by atoms with van der Waals surface area (Å²) in [6.45, 7) is 2.65. The lowest BCUT2D eigenvalue weighted by Crippen LogP contribution is -2.45. The van der Waals surface area contributed by atoms with Gasteiger partial charge in [-0.15, -0.1) is 0 Å². The van der Waals surface area contributed by atoms with Gasteiger partial charge in [0, 0.05) is 44.0 Å². The van der Waals surface area contributed by atoms with Gasteiger partial charge < -0.3 is 31.3 Å². The first-order valence-corrected chi connectivity index (χ1v) is 13.2. The monoisotopic (exact) mass is 622 g/mol. The topological polar surface area (TPSA) is 159 Å². The molecule has 2 heterocycles. The van der Waals surface area contributed by atoms with Gasteiger partial charge in [-0.3, -0.25) is 14.4 Å². The van der Waals surface area contributed by atoms with Crippen molar-refractivity contribution in [1.82, 2.24) is 30.9 Å². The van der Waals surface area contributed by atoms with Crippen molar-refractivity contribution in [3.05, 3.63) is 64.8 Å². The Bertz CT molecular complexity index is 1420. The molecule has 0 aliphatic heterocycles. The molecule has 16 heteroatoms. The summed E-state index contributed by atoms with van der Waals surface area (Å²) in [7, 11) is 1.35. The van der Waals surface area contributed by atoms with E-state index in [4.69, 9.17) is 16.3 Å². The van der Waals surface area contributed by atoms with Crippen molar-refractivity contribution >= 4 is 46.8 Å². The van der Waals surface area contributed by atoms with Crippen LogP contribution < -0.4 is 31.3 Å². The summed E-state index contributed by atoms with van der Waals surface area (Å²) in [5.74, 6) is -1.44. The smallest absolute Gasteiger partial charge is 0.422 e. The van der Waals surface area contributed by atoms with E-state index in [1.54, 1.807) is 38.1 Å². The number of nitrogens with one attached hydrogen (secondary N) is 5. The zero-order chi connectivity index (χ0) is 31.6. The van der Waals surface area contributed by atoms with Crippen molar-refractivity contribution in [2.75, 3.05) is 37.4 Å². The van der Waals surface area contributed by atoms with Crippen LogP contribution in [-0.2, 0) is 16.1 Å². The van der Waals surface area contributed by atoms with E-state index in [9.17, 15) is 27.6 Å². The molecule has 0 atom stereocenters. The fourth-order valence-electron chi connectivity index (χ4n) is 3.32. The third-order valence-corrected chi connectivity index (χ3v) is 5.88. The maximum atomic E-state index is 12.7. The molecule has 0 aliphatic rings. The van der Waals surface area contributed by atoms with Gasteiger partial charge >= 0.3 is 24.0 Å². The van der Waals surface area contributed by atoms with Crippen molar-refractivity contribution in [2.45, 2.75) is 26.6 Å². The molecule has 230 valence electrons. The van der Waals surface area contributed by atoms with Gasteiger partial charge in [-0.1, -0.05) is 37.6 Å². The lowest BCUT2D eigenvalue weighted by molar-refractivity contribution is -0.154. The van der Waals surface area contributed by atoms with Crippen LogP contribution in [-0.4, -0.2) is 65.6 Å². The fraction of sp³-hybridized carbons (Fsp3) is 0.333. The van der Waals surface area contributed by atoms with E-state index in [-0.39, 0.29) is 36.1 Å². The first-order chi connectivity index (χ1) is 20.2. The highest BCUT2D eigenvalue weighted by Gasteiger charge is 2.29. The predicted molar refractivity (Wildman–Crippen MR) is 153 cm³/mol. The molecule has 0 aliphatic carbocycles. The molecule has 43 heavy (non-hydrogen) atoms. The Labute approximate surface area is 250 Å². The second-order valence-corrected chi connectivity index (χ2v) is 10.4. The minimum absolute atomic E-state index is 0.0935. The molecular formula is C27H30ClF3N8O4. The SMILES string of the molecule is CNC(=O)C(=O)NCC(C)(C)CNC(=O)c1ccc(Nc2cc(NCc3ccc(Cl)cc3)nc(OCC(F)(F)F)n2)nc1. The van der Waals surface area contributed by atoms with E-state index < -0.39 is 41.9 Å². The lowest BCUT2D eigenvalue weighted by atomic mass is 9.93. The summed E-state index contributed by atoms with van der Waals surface area (Å²) >= 11 is 5.90. The van der Waals surface area contributed by atoms with Crippen LogP contribution in [0.15, 0.2) is 48.7 Å². The van der Waals surface area contributed by atoms with Crippen molar-refractivity contribution in [3.63, 3.8) is 0 Å². The minimum Gasteiger partial charge on any atom is -0.454 e. The predicted octanol–water partition coefficient (Wildman–Crippen LogP) is 3.44. The Hall–Kier alpha value is -4.66. The van der Waals surface area contributed by atoms with Crippen LogP contribution in [0.3, 0.4) is 0 Å². The Balaban J connectivity index is 1.64. The molecule has 0 saturated carbocycles. The molecule has 3 aromatic rings. The van der Waals surface area contributed by atoms with Crippen LogP contribution in [0.25, 0.3) is 0 Å². The van der Waals surface area contributed by atoms with Crippen LogP contribution in [0.4, 0.5) is 30.6 Å². The van der Waals surface area contributed by atoms with E-state index in [0.29, 0.717) is 11.6 Å². The summed E-state index contributed by atoms with van der Waals surface area (Å²) in [6.07, 6.45) is -3.28. The maximum Gasteiger partial charge on any atom is 0.422 e. The van der Waals surface area contributed by atoms with Gasteiger partial charge in [0.2, 0.25) is 0 Å². The summed E-state index contributed by atoms with van der Waals surface area (Å²) in [5, 5.41) is 13.9. The Morgan fingerprint density at radius 2 is 1.58 bits per heavy atom. The average Bonchev–Trinajstić information content (AvgIpc) is 2.97. The van der Waals surface area contributed by atoms with Gasteiger partial charge in [0.25, 0.3) is 5.91 Å². The number of amides is 3. The molecule has 5 N–H and O–H groups in total. The zero-order valence-corrected chi connectivity index (χ0v) is 24.2. The van der Waals surface area contributed by atoms with E-state index in [0.717, 1.165) is 5.56 Å². The second-order valence-electron chi connectivity index (χ2n) is 9.97. The normalized spacial score (nSPS) is 11.3. The zero-order valence-electron chi connectivity index (χ0n) is 23.4. The quantitative estimate of drug-likeness (QED) is 0.191. The van der Waals surface area contributed by atoms with Crippen molar-refractivity contribution in [2.24, 2.45) is 5.41 Å². The van der Waals surface area contributed by atoms with Crippen LogP contribution in [0.2, 0.25) is 5.02 Å². The molecule has 0 saturated heterocycles. The van der Waals surface area contributed by atoms with Gasteiger partial charge in [-0.05, 0) is 35.2 Å². The van der Waals surface area contributed by atoms with Crippen molar-refractivity contribution in [3.8, 4) is 6.01 Å². The number of carbonyl (C=O) groups excluding carboxylic acids is 3. The largest absolute Gasteiger partial charge is 0.454 e. The number of benzene rings is 1. The first-order valence-electron chi connectivity index (χ1n) is 12.8. The number of carbonyl (C=O) groups is 3. The highest BCUT2D eigenvalue weighted by atomic mass is 35.5. The molecule has 3 rings (SSSR count). The highest BCUT2D eigenvalue weighted by molar-refractivity contribution is 6.35. The number of nitrogens with zero attached hydrogens (tertiary/aromatic N) is 3. The Morgan fingerprint density at radius 3 is 2.21 bits per heavy atom. The molecule has 0 spiro atoms. The average molecular weight is 623 g/mol. The molecule has 0 fully saturated rings. The van der Waals surface area contributed by atoms with E-state index >= 15 is 0 Å². The number of rotatable bonds is 12. The number of halogens is 4. The van der Waals surface area contributed by atoms with Crippen molar-refractivity contribution < 1.29 is 32.3 Å². The lowest BCUT2D eigenvalue weighted by Gasteiger charge is -2.25. The molecule has 12 nitrogen and oxygen atoms in total. The van der Waals surface area contributed by atoms with Crippen molar-refractivity contribution in [1.29, 1.82) is 0 Å². The van der Waals surface area contributed by atoms with E-state index in [1.807, 2.05) is 0 Å². The number of alkyl halides is 3. The number of pyridine rings is 1. The minimum atomic E-state index is -4.59. The second kappa shape index (κ2) is 14.5. The van der Waals surface area contributed by atoms with Crippen LogP contribution in [0, 0.1) is 5.41 Å². The van der Waals surface area contributed by atoms with Gasteiger partial charge in [-0.25, -0.2) is 4.98 Å². The molecular weight excluding hydrogens is 593 g/mol. The molecule has 2 aromatic heterocycles. The first kappa shape index (κ1) is 32.8. The van der Waals surface area contributed by atoms with Gasteiger partial charge in [0.15, 0.2) is 6.61 Å². The fourth-order valence-corrected chi connectivity index (χ4v) is 3.44. The van der Waals surface area contributed by atoms with Gasteiger partial charge in [-0.2, -0.15) is 23.1 Å². The standard InChI is InChI=1S/C27H30ClF3N8O4/c1-26(2,14-36-24(42)23(41)32-3)13-35-22(40)17-6-9-19(34-12-17)37-21-10-20(33-11-16-4-7-18(28)8-5-16)38-25(39-21)43-15-27(29,30)31/h4-10,12H,11,13-15H2,1-3H3,(H,32,41)(H,35,40)(H,36,42)(H2,33,34,37,38,39). The maximum absolute atomic E-state index is 12.7. The van der Waals surface area contributed by atoms with Crippen LogP contribution in [0.5, 0.6) is 6.01 Å². The van der Waals surface area contributed by atoms with E-state index in [2.05, 4.69) is 41.5 Å². The highest BCUT2D eigenvalue weighted by Crippen LogP contribution is 2.22. The van der Waals surface area contributed by atoms with Crippen LogP contribution >= 0.6 is 11.6 Å². The summed E-state index contributed by atoms with van der Waals surface area (Å²) in [5.41, 5.74) is 0.521. The summed E-state index contributed by atoms with van der Waals surface area (Å²) < 4.78 is 42.9. The number of hydrogen-bond acceptors (Lipinski definition) is 9. The molecule has 1 aromatic carbocycles. The third-order valence-electron chi connectivity index (χ3n) is 5.63. The van der Waals surface area contributed by atoms with Gasteiger partial charge in [0.1, 0.15) is 17.5 Å². The third kappa shape index (κ3) is 11.3. The molecule has 0 bridgehead atoms. The van der Waals surface area contributed by atoms with Gasteiger partial charge in [0.05, 0.1) is 5.56 Å². The Kier molecular flexibility index (Phi) is 11.1. The molecule has 0 radical (unpaired) electrons. The number of hydrogen-bond donors (Lipinski definition) is 5. The molecule has 3 amide bonds. The van der Waals surface area contributed by atoms with E-state index in [1.165, 1.54) is 31.4 Å². The number of likely N-dealkylation sites (N-methyl/N-ethyl adjacent to an activating group) is 1.